The topological polar surface area (TPSA) is 52.0 Å². The molecule has 0 radical (unpaired) electrons. The van der Waals surface area contributed by atoms with Gasteiger partial charge >= 0.3 is 0 Å². The van der Waals surface area contributed by atoms with Crippen molar-refractivity contribution < 1.29 is 4.74 Å². The first-order valence-electron chi connectivity index (χ1n) is 7.00. The van der Waals surface area contributed by atoms with Gasteiger partial charge in [-0.1, -0.05) is 6.92 Å². The van der Waals surface area contributed by atoms with Gasteiger partial charge in [-0.2, -0.15) is 5.10 Å². The summed E-state index contributed by atoms with van der Waals surface area (Å²) in [7, 11) is 1.96. The van der Waals surface area contributed by atoms with Crippen LogP contribution in [-0.2, 0) is 24.6 Å². The Balaban J connectivity index is 1.75. The molecule has 1 aliphatic rings. The molecule has 2 heterocycles. The molecule has 0 atom stereocenters. The first kappa shape index (κ1) is 13.5. The van der Waals surface area contributed by atoms with E-state index < -0.39 is 0 Å². The van der Waals surface area contributed by atoms with Crippen LogP contribution >= 0.6 is 0 Å². The van der Waals surface area contributed by atoms with Gasteiger partial charge in [-0.05, 0) is 32.4 Å². The van der Waals surface area contributed by atoms with Gasteiger partial charge < -0.3 is 10.1 Å². The Kier molecular flexibility index (Phi) is 5.13. The van der Waals surface area contributed by atoms with Gasteiger partial charge in [0.1, 0.15) is 5.82 Å². The Morgan fingerprint density at radius 1 is 1.33 bits per heavy atom. The zero-order valence-electron chi connectivity index (χ0n) is 11.5. The molecule has 1 N–H and O–H groups in total. The van der Waals surface area contributed by atoms with Crippen molar-refractivity contribution in [3.8, 4) is 0 Å². The maximum Gasteiger partial charge on any atom is 0.150 e. The fourth-order valence-electron chi connectivity index (χ4n) is 2.30. The number of rotatable bonds is 6. The molecule has 0 aliphatic carbocycles. The van der Waals surface area contributed by atoms with E-state index in [0.29, 0.717) is 6.10 Å². The Morgan fingerprint density at radius 2 is 2.11 bits per heavy atom. The molecule has 1 aliphatic heterocycles. The zero-order chi connectivity index (χ0) is 12.8. The first-order chi connectivity index (χ1) is 8.79. The van der Waals surface area contributed by atoms with Crippen molar-refractivity contribution in [2.45, 2.75) is 45.1 Å². The van der Waals surface area contributed by atoms with Gasteiger partial charge in [-0.15, -0.1) is 0 Å². The second kappa shape index (κ2) is 6.85. The van der Waals surface area contributed by atoms with Crippen LogP contribution in [0.4, 0.5) is 0 Å². The minimum atomic E-state index is 0.426. The quantitative estimate of drug-likeness (QED) is 0.823. The summed E-state index contributed by atoms with van der Waals surface area (Å²) in [5.41, 5.74) is 0. The maximum absolute atomic E-state index is 5.89. The molecule has 1 fully saturated rings. The molecule has 102 valence electrons. The summed E-state index contributed by atoms with van der Waals surface area (Å²) in [6.45, 7) is 5.06. The number of piperidine rings is 1. The van der Waals surface area contributed by atoms with Crippen LogP contribution in [0.3, 0.4) is 0 Å². The van der Waals surface area contributed by atoms with Gasteiger partial charge in [0, 0.05) is 19.9 Å². The number of aromatic nitrogens is 3. The van der Waals surface area contributed by atoms with E-state index in [2.05, 4.69) is 22.3 Å². The lowest BCUT2D eigenvalue weighted by Gasteiger charge is -2.22. The van der Waals surface area contributed by atoms with Crippen molar-refractivity contribution in [1.82, 2.24) is 20.1 Å². The van der Waals surface area contributed by atoms with E-state index in [1.165, 1.54) is 0 Å². The molecule has 18 heavy (non-hydrogen) atoms. The minimum Gasteiger partial charge on any atom is -0.378 e. The third-order valence-electron chi connectivity index (χ3n) is 3.34. The summed E-state index contributed by atoms with van der Waals surface area (Å²) in [6.07, 6.45) is 5.59. The fraction of sp³-hybridized carbons (Fsp3) is 0.846. The lowest BCUT2D eigenvalue weighted by molar-refractivity contribution is 0.0339. The van der Waals surface area contributed by atoms with E-state index in [0.717, 1.165) is 63.4 Å². The summed E-state index contributed by atoms with van der Waals surface area (Å²) in [5.74, 6) is 1.99. The molecule has 0 spiro atoms. The standard InChI is InChI=1S/C13H24N4O/c1-3-4-12-15-13(17(2)16-12)7-10-18-11-5-8-14-9-6-11/h11,14H,3-10H2,1-2H3. The summed E-state index contributed by atoms with van der Waals surface area (Å²) in [4.78, 5) is 4.54. The molecule has 0 bridgehead atoms. The highest BCUT2D eigenvalue weighted by molar-refractivity contribution is 4.93. The second-order valence-corrected chi connectivity index (χ2v) is 4.89. The van der Waals surface area contributed by atoms with Crippen LogP contribution in [0.5, 0.6) is 0 Å². The highest BCUT2D eigenvalue weighted by atomic mass is 16.5. The third kappa shape index (κ3) is 3.78. The fourth-order valence-corrected chi connectivity index (χ4v) is 2.30. The lowest BCUT2D eigenvalue weighted by atomic mass is 10.1. The molecule has 0 unspecified atom stereocenters. The molecular weight excluding hydrogens is 228 g/mol. The van der Waals surface area contributed by atoms with Gasteiger partial charge in [0.25, 0.3) is 0 Å². The summed E-state index contributed by atoms with van der Waals surface area (Å²) >= 11 is 0. The predicted octanol–water partition coefficient (Wildman–Crippen LogP) is 1.08. The molecule has 0 saturated carbocycles. The summed E-state index contributed by atoms with van der Waals surface area (Å²) in [5, 5.41) is 7.75. The minimum absolute atomic E-state index is 0.426. The van der Waals surface area contributed by atoms with E-state index in [4.69, 9.17) is 4.74 Å². The van der Waals surface area contributed by atoms with Gasteiger partial charge in [0.2, 0.25) is 0 Å². The average molecular weight is 252 g/mol. The number of aryl methyl sites for hydroxylation is 2. The lowest BCUT2D eigenvalue weighted by Crippen LogP contribution is -2.32. The average Bonchev–Trinajstić information content (AvgIpc) is 2.72. The van der Waals surface area contributed by atoms with Crippen molar-refractivity contribution in [2.24, 2.45) is 7.05 Å². The number of hydrogen-bond donors (Lipinski definition) is 1. The molecular formula is C13H24N4O. The number of ether oxygens (including phenoxy) is 1. The molecule has 5 nitrogen and oxygen atoms in total. The Labute approximate surface area is 109 Å². The van der Waals surface area contributed by atoms with Crippen LogP contribution in [0.1, 0.15) is 37.8 Å². The zero-order valence-corrected chi connectivity index (χ0v) is 11.5. The van der Waals surface area contributed by atoms with Crippen LogP contribution in [-0.4, -0.2) is 40.6 Å². The van der Waals surface area contributed by atoms with E-state index in [1.54, 1.807) is 0 Å². The van der Waals surface area contributed by atoms with Crippen LogP contribution in [0.25, 0.3) is 0 Å². The summed E-state index contributed by atoms with van der Waals surface area (Å²) < 4.78 is 7.78. The molecule has 1 saturated heterocycles. The monoisotopic (exact) mass is 252 g/mol. The second-order valence-electron chi connectivity index (χ2n) is 4.89. The molecule has 0 amide bonds. The van der Waals surface area contributed by atoms with E-state index in [1.807, 2.05) is 11.7 Å². The SMILES string of the molecule is CCCc1nc(CCOC2CCNCC2)n(C)n1. The van der Waals surface area contributed by atoms with E-state index >= 15 is 0 Å². The highest BCUT2D eigenvalue weighted by Crippen LogP contribution is 2.08. The van der Waals surface area contributed by atoms with Gasteiger partial charge in [-0.3, -0.25) is 4.68 Å². The number of nitrogens with one attached hydrogen (secondary N) is 1. The largest absolute Gasteiger partial charge is 0.378 e. The first-order valence-corrected chi connectivity index (χ1v) is 7.00. The van der Waals surface area contributed by atoms with E-state index in [9.17, 15) is 0 Å². The molecule has 5 heteroatoms. The summed E-state index contributed by atoms with van der Waals surface area (Å²) in [6, 6.07) is 0. The Hall–Kier alpha value is -0.940. The van der Waals surface area contributed by atoms with Gasteiger partial charge in [-0.25, -0.2) is 4.98 Å². The van der Waals surface area contributed by atoms with Crippen molar-refractivity contribution in [3.63, 3.8) is 0 Å². The van der Waals surface area contributed by atoms with Gasteiger partial charge in [0.15, 0.2) is 5.82 Å². The van der Waals surface area contributed by atoms with Crippen molar-refractivity contribution in [1.29, 1.82) is 0 Å². The molecule has 2 rings (SSSR count). The molecule has 0 aromatic carbocycles. The number of hydrogen-bond acceptors (Lipinski definition) is 4. The molecule has 1 aromatic heterocycles. The highest BCUT2D eigenvalue weighted by Gasteiger charge is 2.13. The van der Waals surface area contributed by atoms with Crippen molar-refractivity contribution >= 4 is 0 Å². The normalized spacial score (nSPS) is 17.2. The third-order valence-corrected chi connectivity index (χ3v) is 3.34. The van der Waals surface area contributed by atoms with Crippen LogP contribution in [0, 0.1) is 0 Å². The van der Waals surface area contributed by atoms with Gasteiger partial charge in [0.05, 0.1) is 12.7 Å². The Bertz CT molecular complexity index is 358. The van der Waals surface area contributed by atoms with Crippen LogP contribution < -0.4 is 5.32 Å². The Morgan fingerprint density at radius 3 is 2.83 bits per heavy atom. The van der Waals surface area contributed by atoms with Crippen LogP contribution in [0.2, 0.25) is 0 Å². The smallest absolute Gasteiger partial charge is 0.150 e. The number of nitrogens with zero attached hydrogens (tertiary/aromatic N) is 3. The predicted molar refractivity (Wildman–Crippen MR) is 70.5 cm³/mol. The molecule has 1 aromatic rings. The van der Waals surface area contributed by atoms with E-state index in [-0.39, 0.29) is 0 Å². The van der Waals surface area contributed by atoms with Crippen molar-refractivity contribution in [2.75, 3.05) is 19.7 Å². The van der Waals surface area contributed by atoms with Crippen molar-refractivity contribution in [3.05, 3.63) is 11.6 Å². The maximum atomic E-state index is 5.89. The van der Waals surface area contributed by atoms with Crippen LogP contribution in [0.15, 0.2) is 0 Å².